The molecule has 1 aromatic carbocycles. The standard InChI is InChI=1S/C20H28N2O/c1-4-15-8-6-9-16-17-10-7-11-20(3,12-13-21-14-23)19(17)22(5-2)18(15)16/h6,8-9,14H,4-5,7,10-13H2,1-3H3,(H,21,23). The summed E-state index contributed by atoms with van der Waals surface area (Å²) in [7, 11) is 0. The third-order valence-corrected chi connectivity index (χ3v) is 5.60. The van der Waals surface area contributed by atoms with Gasteiger partial charge >= 0.3 is 0 Å². The fourth-order valence-corrected chi connectivity index (χ4v) is 4.52. The fraction of sp³-hybridized carbons (Fsp3) is 0.550. The molecule has 1 amide bonds. The second-order valence-corrected chi connectivity index (χ2v) is 6.97. The molecule has 1 aromatic heterocycles. The maximum absolute atomic E-state index is 10.6. The van der Waals surface area contributed by atoms with Crippen LogP contribution in [-0.4, -0.2) is 17.5 Å². The van der Waals surface area contributed by atoms with Crippen LogP contribution in [0.2, 0.25) is 0 Å². The summed E-state index contributed by atoms with van der Waals surface area (Å²) in [4.78, 5) is 10.6. The molecule has 0 bridgehead atoms. The van der Waals surface area contributed by atoms with E-state index < -0.39 is 0 Å². The van der Waals surface area contributed by atoms with Gasteiger partial charge in [0.1, 0.15) is 0 Å². The normalized spacial score (nSPS) is 20.5. The van der Waals surface area contributed by atoms with Crippen LogP contribution in [-0.2, 0) is 29.6 Å². The summed E-state index contributed by atoms with van der Waals surface area (Å²) in [6, 6.07) is 6.78. The lowest BCUT2D eigenvalue weighted by Crippen LogP contribution is -2.33. The number of hydrogen-bond donors (Lipinski definition) is 1. The summed E-state index contributed by atoms with van der Waals surface area (Å²) >= 11 is 0. The lowest BCUT2D eigenvalue weighted by Gasteiger charge is -2.36. The van der Waals surface area contributed by atoms with Gasteiger partial charge in [0.15, 0.2) is 0 Å². The number of para-hydroxylation sites is 1. The number of nitrogens with one attached hydrogen (secondary N) is 1. The third-order valence-electron chi connectivity index (χ3n) is 5.60. The molecule has 1 aliphatic carbocycles. The zero-order valence-corrected chi connectivity index (χ0v) is 14.6. The van der Waals surface area contributed by atoms with Crippen molar-refractivity contribution < 1.29 is 4.79 Å². The minimum atomic E-state index is 0.156. The molecule has 3 heteroatoms. The molecule has 23 heavy (non-hydrogen) atoms. The minimum Gasteiger partial charge on any atom is -0.359 e. The van der Waals surface area contributed by atoms with E-state index in [-0.39, 0.29) is 5.41 Å². The van der Waals surface area contributed by atoms with Gasteiger partial charge < -0.3 is 9.88 Å². The number of carbonyl (C=O) groups excluding carboxylic acids is 1. The monoisotopic (exact) mass is 312 g/mol. The molecule has 0 aliphatic heterocycles. The molecule has 1 atom stereocenters. The van der Waals surface area contributed by atoms with E-state index in [1.165, 1.54) is 41.4 Å². The van der Waals surface area contributed by atoms with E-state index in [1.807, 2.05) is 0 Å². The molecule has 3 nitrogen and oxygen atoms in total. The smallest absolute Gasteiger partial charge is 0.207 e. The van der Waals surface area contributed by atoms with E-state index in [9.17, 15) is 4.79 Å². The van der Waals surface area contributed by atoms with Crippen LogP contribution in [0, 0.1) is 0 Å². The van der Waals surface area contributed by atoms with Crippen LogP contribution >= 0.6 is 0 Å². The molecule has 0 saturated heterocycles. The summed E-state index contributed by atoms with van der Waals surface area (Å²) in [5, 5.41) is 4.31. The summed E-state index contributed by atoms with van der Waals surface area (Å²) in [5.41, 5.74) is 6.13. The highest BCUT2D eigenvalue weighted by molar-refractivity contribution is 5.89. The van der Waals surface area contributed by atoms with Crippen molar-refractivity contribution in [2.75, 3.05) is 6.54 Å². The Balaban J connectivity index is 2.20. The number of rotatable bonds is 6. The zero-order chi connectivity index (χ0) is 16.4. The molecule has 1 heterocycles. The molecule has 0 radical (unpaired) electrons. The Morgan fingerprint density at radius 1 is 1.35 bits per heavy atom. The number of nitrogens with zero attached hydrogens (tertiary/aromatic N) is 1. The van der Waals surface area contributed by atoms with Gasteiger partial charge in [-0.2, -0.15) is 0 Å². The topological polar surface area (TPSA) is 34.0 Å². The van der Waals surface area contributed by atoms with Gasteiger partial charge in [-0.1, -0.05) is 32.0 Å². The molecule has 0 saturated carbocycles. The Labute approximate surface area is 139 Å². The maximum atomic E-state index is 10.6. The van der Waals surface area contributed by atoms with E-state index >= 15 is 0 Å². The SMILES string of the molecule is CCc1cccc2c3c(n(CC)c12)C(C)(CCNC=O)CCC3. The van der Waals surface area contributed by atoms with Gasteiger partial charge in [0, 0.05) is 29.6 Å². The van der Waals surface area contributed by atoms with E-state index in [1.54, 1.807) is 5.56 Å². The lowest BCUT2D eigenvalue weighted by molar-refractivity contribution is -0.109. The number of aryl methyl sites for hydroxylation is 3. The average Bonchev–Trinajstić information content (AvgIpc) is 2.91. The molecule has 1 aliphatic rings. The lowest BCUT2D eigenvalue weighted by atomic mass is 9.72. The second kappa shape index (κ2) is 6.38. The first-order valence-electron chi connectivity index (χ1n) is 8.96. The largest absolute Gasteiger partial charge is 0.359 e. The van der Waals surface area contributed by atoms with Crippen molar-refractivity contribution in [1.82, 2.24) is 9.88 Å². The Bertz CT molecular complexity index is 716. The fourth-order valence-electron chi connectivity index (χ4n) is 4.52. The average molecular weight is 312 g/mol. The van der Waals surface area contributed by atoms with E-state index in [0.717, 1.165) is 32.3 Å². The highest BCUT2D eigenvalue weighted by Crippen LogP contribution is 2.44. The predicted octanol–water partition coefficient (Wildman–Crippen LogP) is 3.95. The van der Waals surface area contributed by atoms with Crippen molar-refractivity contribution in [3.05, 3.63) is 35.0 Å². The van der Waals surface area contributed by atoms with Crippen LogP contribution in [0.15, 0.2) is 18.2 Å². The number of aromatic nitrogens is 1. The van der Waals surface area contributed by atoms with Crippen molar-refractivity contribution in [2.24, 2.45) is 0 Å². The zero-order valence-electron chi connectivity index (χ0n) is 14.6. The van der Waals surface area contributed by atoms with Gasteiger partial charge in [0.05, 0.1) is 5.52 Å². The molecular weight excluding hydrogens is 284 g/mol. The van der Waals surface area contributed by atoms with Crippen LogP contribution in [0.25, 0.3) is 10.9 Å². The van der Waals surface area contributed by atoms with Crippen molar-refractivity contribution in [2.45, 2.75) is 64.8 Å². The summed E-state index contributed by atoms with van der Waals surface area (Å²) < 4.78 is 2.56. The van der Waals surface area contributed by atoms with Crippen LogP contribution in [0.1, 0.15) is 56.9 Å². The number of carbonyl (C=O) groups is 1. The molecular formula is C20H28N2O. The number of amides is 1. The Morgan fingerprint density at radius 3 is 2.87 bits per heavy atom. The van der Waals surface area contributed by atoms with Crippen molar-refractivity contribution >= 4 is 17.3 Å². The van der Waals surface area contributed by atoms with E-state index in [4.69, 9.17) is 0 Å². The number of benzene rings is 1. The summed E-state index contributed by atoms with van der Waals surface area (Å²) in [6.07, 6.45) is 6.53. The molecule has 3 rings (SSSR count). The summed E-state index contributed by atoms with van der Waals surface area (Å²) in [5.74, 6) is 0. The molecule has 0 fully saturated rings. The molecule has 1 unspecified atom stereocenters. The van der Waals surface area contributed by atoms with Gasteiger partial charge in [-0.15, -0.1) is 0 Å². The Hall–Kier alpha value is -1.77. The Kier molecular flexibility index (Phi) is 4.47. The molecule has 0 spiro atoms. The Morgan fingerprint density at radius 2 is 2.17 bits per heavy atom. The van der Waals surface area contributed by atoms with Gasteiger partial charge in [-0.05, 0) is 50.2 Å². The first-order chi connectivity index (χ1) is 11.2. The summed E-state index contributed by atoms with van der Waals surface area (Å²) in [6.45, 7) is 8.65. The minimum absolute atomic E-state index is 0.156. The van der Waals surface area contributed by atoms with Crippen LogP contribution in [0.5, 0.6) is 0 Å². The predicted molar refractivity (Wildman–Crippen MR) is 96.0 cm³/mol. The van der Waals surface area contributed by atoms with Gasteiger partial charge in [0.25, 0.3) is 0 Å². The molecule has 1 N–H and O–H groups in total. The van der Waals surface area contributed by atoms with Crippen molar-refractivity contribution in [3.8, 4) is 0 Å². The first kappa shape index (κ1) is 16.1. The third kappa shape index (κ3) is 2.56. The van der Waals surface area contributed by atoms with Crippen LogP contribution < -0.4 is 5.32 Å². The van der Waals surface area contributed by atoms with Crippen molar-refractivity contribution in [3.63, 3.8) is 0 Å². The highest BCUT2D eigenvalue weighted by atomic mass is 16.1. The van der Waals surface area contributed by atoms with E-state index in [2.05, 4.69) is 48.9 Å². The highest BCUT2D eigenvalue weighted by Gasteiger charge is 2.36. The van der Waals surface area contributed by atoms with Crippen LogP contribution in [0.3, 0.4) is 0 Å². The number of fused-ring (bicyclic) bond motifs is 3. The van der Waals surface area contributed by atoms with Gasteiger partial charge in [-0.25, -0.2) is 0 Å². The quantitative estimate of drug-likeness (QED) is 0.636. The maximum Gasteiger partial charge on any atom is 0.207 e. The molecule has 124 valence electrons. The number of hydrogen-bond acceptors (Lipinski definition) is 1. The van der Waals surface area contributed by atoms with Gasteiger partial charge in [0.2, 0.25) is 6.41 Å². The van der Waals surface area contributed by atoms with Gasteiger partial charge in [-0.3, -0.25) is 4.79 Å². The van der Waals surface area contributed by atoms with Crippen molar-refractivity contribution in [1.29, 1.82) is 0 Å². The first-order valence-corrected chi connectivity index (χ1v) is 8.96. The second-order valence-electron chi connectivity index (χ2n) is 6.97. The van der Waals surface area contributed by atoms with Crippen LogP contribution in [0.4, 0.5) is 0 Å². The molecule has 2 aromatic rings. The van der Waals surface area contributed by atoms with E-state index in [0.29, 0.717) is 0 Å².